The highest BCUT2D eigenvalue weighted by Gasteiger charge is 2.21. The van der Waals surface area contributed by atoms with Crippen molar-refractivity contribution in [2.24, 2.45) is 0 Å². The van der Waals surface area contributed by atoms with Crippen LogP contribution in [0.1, 0.15) is 46.0 Å². The summed E-state index contributed by atoms with van der Waals surface area (Å²) in [5.74, 6) is -0.237. The van der Waals surface area contributed by atoms with Crippen LogP contribution in [-0.4, -0.2) is 20.7 Å². The Hall–Kier alpha value is -0.833. The van der Waals surface area contributed by atoms with E-state index < -0.39 is 8.07 Å². The average Bonchev–Trinajstić information content (AvgIpc) is 2.29. The minimum absolute atomic E-state index is 0.237. The number of carbonyl (C=O) groups excluding carboxylic acids is 1. The topological polar surface area (TPSA) is 26.3 Å². The summed E-state index contributed by atoms with van der Waals surface area (Å²) in [5, 5.41) is 1.35. The van der Waals surface area contributed by atoms with Crippen molar-refractivity contribution in [2.45, 2.75) is 65.6 Å². The molecule has 0 heterocycles. The summed E-state index contributed by atoms with van der Waals surface area (Å²) in [7, 11) is -1.42. The van der Waals surface area contributed by atoms with Crippen LogP contribution < -0.4 is 0 Å². The summed E-state index contributed by atoms with van der Waals surface area (Å²) in [6.07, 6.45) is 8.55. The third-order valence-corrected chi connectivity index (χ3v) is 5.22. The van der Waals surface area contributed by atoms with Gasteiger partial charge in [0.2, 0.25) is 0 Å². The number of allylic oxidation sites excluding steroid dienone is 1. The van der Waals surface area contributed by atoms with Gasteiger partial charge in [0.1, 0.15) is 6.61 Å². The average molecular weight is 282 g/mol. The van der Waals surface area contributed by atoms with Gasteiger partial charge in [0, 0.05) is 6.92 Å². The first-order chi connectivity index (χ1) is 8.79. The van der Waals surface area contributed by atoms with Crippen molar-refractivity contribution in [2.75, 3.05) is 6.61 Å². The molecule has 0 saturated heterocycles. The largest absolute Gasteiger partial charge is 0.461 e. The molecule has 0 bridgehead atoms. The van der Waals surface area contributed by atoms with E-state index in [4.69, 9.17) is 4.74 Å². The predicted octanol–water partition coefficient (Wildman–Crippen LogP) is 4.88. The first kappa shape index (κ1) is 18.2. The van der Waals surface area contributed by atoms with E-state index in [1.54, 1.807) is 0 Å². The molecule has 0 amide bonds. The minimum atomic E-state index is -1.42. The summed E-state index contributed by atoms with van der Waals surface area (Å²) >= 11 is 0. The molecule has 0 atom stereocenters. The number of hydrogen-bond donors (Lipinski definition) is 0. The van der Waals surface area contributed by atoms with E-state index in [1.165, 1.54) is 37.8 Å². The fourth-order valence-corrected chi connectivity index (χ4v) is 3.95. The molecular formula is C16H30O2Si. The van der Waals surface area contributed by atoms with Crippen molar-refractivity contribution in [3.8, 4) is 0 Å². The van der Waals surface area contributed by atoms with Gasteiger partial charge in [0.15, 0.2) is 0 Å². The number of esters is 1. The molecule has 0 fully saturated rings. The van der Waals surface area contributed by atoms with Crippen LogP contribution in [0.3, 0.4) is 0 Å². The normalized spacial score (nSPS) is 12.4. The van der Waals surface area contributed by atoms with Gasteiger partial charge in [0.25, 0.3) is 0 Å². The standard InChI is InChI=1S/C16H30O2Si/c1-7-8-9-10-11-12-16(19(4,5)6)14(2)13-18-15(3)17/h12H,2,7-11,13H2,1,3-6H3/b16-12-. The van der Waals surface area contributed by atoms with Crippen LogP contribution in [0, 0.1) is 0 Å². The molecule has 0 N–H and O–H groups in total. The van der Waals surface area contributed by atoms with E-state index in [-0.39, 0.29) is 5.97 Å². The molecule has 110 valence electrons. The van der Waals surface area contributed by atoms with Crippen molar-refractivity contribution in [3.63, 3.8) is 0 Å². The molecule has 0 unspecified atom stereocenters. The molecule has 0 aliphatic heterocycles. The van der Waals surface area contributed by atoms with Gasteiger partial charge in [-0.1, -0.05) is 63.7 Å². The van der Waals surface area contributed by atoms with Gasteiger partial charge in [-0.2, -0.15) is 0 Å². The molecule has 0 radical (unpaired) electrons. The zero-order valence-corrected chi connectivity index (χ0v) is 14.3. The summed E-state index contributed by atoms with van der Waals surface area (Å²) < 4.78 is 5.07. The van der Waals surface area contributed by atoms with Crippen molar-refractivity contribution in [1.29, 1.82) is 0 Å². The number of carbonyl (C=O) groups is 1. The molecule has 0 aliphatic carbocycles. The summed E-state index contributed by atoms with van der Waals surface area (Å²) in [5.41, 5.74) is 0.977. The van der Waals surface area contributed by atoms with Crippen molar-refractivity contribution >= 4 is 14.0 Å². The highest BCUT2D eigenvalue weighted by molar-refractivity contribution is 6.84. The molecule has 0 aromatic rings. The molecule has 0 saturated carbocycles. The van der Waals surface area contributed by atoms with Gasteiger partial charge in [0.05, 0.1) is 8.07 Å². The Kier molecular flexibility index (Phi) is 8.73. The monoisotopic (exact) mass is 282 g/mol. The predicted molar refractivity (Wildman–Crippen MR) is 86.0 cm³/mol. The Morgan fingerprint density at radius 2 is 1.84 bits per heavy atom. The number of ether oxygens (including phenoxy) is 1. The maximum Gasteiger partial charge on any atom is 0.302 e. The van der Waals surface area contributed by atoms with Crippen LogP contribution >= 0.6 is 0 Å². The first-order valence-electron chi connectivity index (χ1n) is 7.31. The van der Waals surface area contributed by atoms with Gasteiger partial charge in [-0.15, -0.1) is 0 Å². The maximum absolute atomic E-state index is 10.9. The third-order valence-electron chi connectivity index (χ3n) is 3.04. The lowest BCUT2D eigenvalue weighted by Gasteiger charge is -2.23. The van der Waals surface area contributed by atoms with Gasteiger partial charge in [-0.25, -0.2) is 0 Å². The second kappa shape index (κ2) is 9.13. The van der Waals surface area contributed by atoms with E-state index in [2.05, 4.69) is 39.2 Å². The lowest BCUT2D eigenvalue weighted by Crippen LogP contribution is -2.26. The van der Waals surface area contributed by atoms with Gasteiger partial charge >= 0.3 is 5.97 Å². The van der Waals surface area contributed by atoms with Gasteiger partial charge in [-0.05, 0) is 18.4 Å². The Morgan fingerprint density at radius 3 is 2.32 bits per heavy atom. The Labute approximate surface area is 119 Å². The summed E-state index contributed by atoms with van der Waals surface area (Å²) in [4.78, 5) is 10.9. The molecular weight excluding hydrogens is 252 g/mol. The summed E-state index contributed by atoms with van der Waals surface area (Å²) in [6.45, 7) is 15.0. The van der Waals surface area contributed by atoms with Crippen LogP contribution in [0.15, 0.2) is 23.4 Å². The smallest absolute Gasteiger partial charge is 0.302 e. The Balaban J connectivity index is 4.50. The Bertz CT molecular complexity index is 324. The lowest BCUT2D eigenvalue weighted by atomic mass is 10.1. The van der Waals surface area contributed by atoms with E-state index in [0.29, 0.717) is 6.61 Å². The molecule has 0 spiro atoms. The Morgan fingerprint density at radius 1 is 1.21 bits per heavy atom. The molecule has 0 aromatic carbocycles. The van der Waals surface area contributed by atoms with Gasteiger partial charge in [-0.3, -0.25) is 4.79 Å². The zero-order chi connectivity index (χ0) is 14.9. The van der Waals surface area contributed by atoms with Gasteiger partial charge < -0.3 is 4.74 Å². The third kappa shape index (κ3) is 8.81. The summed E-state index contributed by atoms with van der Waals surface area (Å²) in [6, 6.07) is 0. The quantitative estimate of drug-likeness (QED) is 0.261. The zero-order valence-electron chi connectivity index (χ0n) is 13.3. The first-order valence-corrected chi connectivity index (χ1v) is 10.8. The lowest BCUT2D eigenvalue weighted by molar-refractivity contribution is -0.139. The fourth-order valence-electron chi connectivity index (χ4n) is 2.06. The highest BCUT2D eigenvalue weighted by atomic mass is 28.3. The molecule has 19 heavy (non-hydrogen) atoms. The SMILES string of the molecule is C=C(COC(C)=O)/C(=C/CCCCCC)[Si](C)(C)C. The van der Waals surface area contributed by atoms with Crippen molar-refractivity contribution in [3.05, 3.63) is 23.4 Å². The van der Waals surface area contributed by atoms with Crippen LogP contribution in [0.4, 0.5) is 0 Å². The van der Waals surface area contributed by atoms with E-state index in [1.807, 2.05) is 0 Å². The molecule has 0 aliphatic rings. The number of rotatable bonds is 9. The second-order valence-electron chi connectivity index (χ2n) is 6.10. The molecule has 2 nitrogen and oxygen atoms in total. The van der Waals surface area contributed by atoms with E-state index in [0.717, 1.165) is 12.0 Å². The van der Waals surface area contributed by atoms with E-state index >= 15 is 0 Å². The highest BCUT2D eigenvalue weighted by Crippen LogP contribution is 2.23. The van der Waals surface area contributed by atoms with Crippen LogP contribution in [-0.2, 0) is 9.53 Å². The molecule has 0 rings (SSSR count). The maximum atomic E-state index is 10.9. The molecule has 3 heteroatoms. The van der Waals surface area contributed by atoms with Crippen LogP contribution in [0.25, 0.3) is 0 Å². The number of unbranched alkanes of at least 4 members (excludes halogenated alkanes) is 4. The van der Waals surface area contributed by atoms with Crippen molar-refractivity contribution in [1.82, 2.24) is 0 Å². The van der Waals surface area contributed by atoms with Crippen LogP contribution in [0.2, 0.25) is 19.6 Å². The van der Waals surface area contributed by atoms with Crippen LogP contribution in [0.5, 0.6) is 0 Å². The van der Waals surface area contributed by atoms with Crippen molar-refractivity contribution < 1.29 is 9.53 Å². The van der Waals surface area contributed by atoms with E-state index in [9.17, 15) is 4.79 Å². The fraction of sp³-hybridized carbons (Fsp3) is 0.688. The second-order valence-corrected chi connectivity index (χ2v) is 11.1. The number of hydrogen-bond acceptors (Lipinski definition) is 2. The molecule has 0 aromatic heterocycles. The minimum Gasteiger partial charge on any atom is -0.461 e.